The first kappa shape index (κ1) is 14.9. The molecule has 3 aromatic rings. The summed E-state index contributed by atoms with van der Waals surface area (Å²) < 4.78 is 39.5. The zero-order valence-electron chi connectivity index (χ0n) is 11.7. The van der Waals surface area contributed by atoms with Crippen molar-refractivity contribution in [2.75, 3.05) is 5.32 Å². The van der Waals surface area contributed by atoms with Crippen LogP contribution < -0.4 is 5.32 Å². The van der Waals surface area contributed by atoms with Crippen molar-refractivity contribution in [2.45, 2.75) is 12.7 Å². The number of halogens is 3. The first-order valence-corrected chi connectivity index (χ1v) is 6.62. The largest absolute Gasteiger partial charge is 0.433 e. The molecule has 9 heteroatoms. The number of pyridine rings is 1. The monoisotopic (exact) mass is 320 g/mol. The Morgan fingerprint density at radius 2 is 1.91 bits per heavy atom. The van der Waals surface area contributed by atoms with E-state index in [1.54, 1.807) is 41.5 Å². The van der Waals surface area contributed by atoms with Gasteiger partial charge in [0.2, 0.25) is 5.95 Å². The maximum absolute atomic E-state index is 12.6. The summed E-state index contributed by atoms with van der Waals surface area (Å²) in [7, 11) is 0. The maximum atomic E-state index is 12.6. The zero-order chi connectivity index (χ0) is 16.3. The van der Waals surface area contributed by atoms with Gasteiger partial charge in [0.05, 0.1) is 0 Å². The molecule has 3 aromatic heterocycles. The van der Waals surface area contributed by atoms with Gasteiger partial charge in [0, 0.05) is 36.9 Å². The third-order valence-electron chi connectivity index (χ3n) is 2.97. The van der Waals surface area contributed by atoms with Gasteiger partial charge >= 0.3 is 6.18 Å². The second-order valence-electron chi connectivity index (χ2n) is 4.55. The second-order valence-corrected chi connectivity index (χ2v) is 4.55. The minimum atomic E-state index is -4.51. The molecule has 3 rings (SSSR count). The fraction of sp³-hybridized carbons (Fsp3) is 0.143. The van der Waals surface area contributed by atoms with Crippen molar-refractivity contribution in [3.8, 4) is 5.82 Å². The highest BCUT2D eigenvalue weighted by Crippen LogP contribution is 2.27. The number of aromatic nitrogens is 5. The lowest BCUT2D eigenvalue weighted by molar-refractivity contribution is -0.141. The Bertz CT molecular complexity index is 785. The molecule has 0 aromatic carbocycles. The number of rotatable bonds is 4. The number of nitrogens with zero attached hydrogens (tertiary/aromatic N) is 5. The number of hydrogen-bond acceptors (Lipinski definition) is 5. The van der Waals surface area contributed by atoms with Crippen LogP contribution in [-0.4, -0.2) is 24.7 Å². The van der Waals surface area contributed by atoms with Crippen LogP contribution in [0.2, 0.25) is 0 Å². The van der Waals surface area contributed by atoms with E-state index in [1.165, 1.54) is 0 Å². The average molecular weight is 320 g/mol. The van der Waals surface area contributed by atoms with Crippen LogP contribution in [0.4, 0.5) is 19.1 Å². The van der Waals surface area contributed by atoms with E-state index in [4.69, 9.17) is 0 Å². The molecular weight excluding hydrogens is 309 g/mol. The maximum Gasteiger partial charge on any atom is 0.433 e. The zero-order valence-corrected chi connectivity index (χ0v) is 11.7. The molecule has 0 aliphatic carbocycles. The van der Waals surface area contributed by atoms with Crippen molar-refractivity contribution in [1.29, 1.82) is 0 Å². The van der Waals surface area contributed by atoms with Crippen LogP contribution >= 0.6 is 0 Å². The van der Waals surface area contributed by atoms with Crippen LogP contribution in [0.25, 0.3) is 5.82 Å². The highest BCUT2D eigenvalue weighted by molar-refractivity contribution is 5.36. The van der Waals surface area contributed by atoms with E-state index in [1.807, 2.05) is 0 Å². The van der Waals surface area contributed by atoms with E-state index >= 15 is 0 Å². The molecule has 118 valence electrons. The van der Waals surface area contributed by atoms with Crippen LogP contribution in [0.15, 0.2) is 49.1 Å². The second kappa shape index (κ2) is 6.03. The van der Waals surface area contributed by atoms with Gasteiger partial charge in [-0.05, 0) is 18.2 Å². The Kier molecular flexibility index (Phi) is 3.92. The summed E-state index contributed by atoms with van der Waals surface area (Å²) in [4.78, 5) is 11.5. The van der Waals surface area contributed by atoms with Crippen molar-refractivity contribution in [3.63, 3.8) is 0 Å². The lowest BCUT2D eigenvalue weighted by Crippen LogP contribution is -2.12. The molecular formula is C14H11F3N6. The molecule has 23 heavy (non-hydrogen) atoms. The lowest BCUT2D eigenvalue weighted by atomic mass is 10.2. The molecule has 0 aliphatic heterocycles. The molecule has 3 heterocycles. The number of hydrogen-bond donors (Lipinski definition) is 1. The van der Waals surface area contributed by atoms with E-state index in [9.17, 15) is 13.2 Å². The van der Waals surface area contributed by atoms with Gasteiger partial charge < -0.3 is 5.32 Å². The van der Waals surface area contributed by atoms with Crippen LogP contribution in [0.5, 0.6) is 0 Å². The van der Waals surface area contributed by atoms with Crippen LogP contribution in [0.3, 0.4) is 0 Å². The van der Waals surface area contributed by atoms with Crippen molar-refractivity contribution < 1.29 is 13.2 Å². The predicted molar refractivity (Wildman–Crippen MR) is 75.7 cm³/mol. The van der Waals surface area contributed by atoms with E-state index in [0.29, 0.717) is 5.82 Å². The molecule has 0 bridgehead atoms. The van der Waals surface area contributed by atoms with Crippen molar-refractivity contribution >= 4 is 5.95 Å². The van der Waals surface area contributed by atoms with E-state index < -0.39 is 11.9 Å². The summed E-state index contributed by atoms with van der Waals surface area (Å²) in [6.45, 7) is 0.213. The van der Waals surface area contributed by atoms with Gasteiger partial charge in [-0.2, -0.15) is 18.3 Å². The van der Waals surface area contributed by atoms with Gasteiger partial charge in [-0.15, -0.1) is 0 Å². The molecule has 0 saturated carbocycles. The lowest BCUT2D eigenvalue weighted by Gasteiger charge is -2.11. The first-order valence-electron chi connectivity index (χ1n) is 6.62. The van der Waals surface area contributed by atoms with Crippen molar-refractivity contribution in [2.24, 2.45) is 0 Å². The third kappa shape index (κ3) is 3.44. The quantitative estimate of drug-likeness (QED) is 0.800. The fourth-order valence-corrected chi connectivity index (χ4v) is 1.94. The van der Waals surface area contributed by atoms with Gasteiger partial charge in [-0.1, -0.05) is 6.07 Å². The molecule has 0 unspecified atom stereocenters. The van der Waals surface area contributed by atoms with E-state index in [2.05, 4.69) is 25.4 Å². The SMILES string of the molecule is FC(F)(F)c1ccnc(NCc2cccnc2-n2cccn2)n1. The first-order chi connectivity index (χ1) is 11.0. The number of alkyl halides is 3. The molecule has 0 aliphatic rings. The van der Waals surface area contributed by atoms with Gasteiger partial charge in [-0.3, -0.25) is 0 Å². The third-order valence-corrected chi connectivity index (χ3v) is 2.97. The molecule has 0 atom stereocenters. The Hall–Kier alpha value is -2.97. The van der Waals surface area contributed by atoms with Crippen LogP contribution in [0.1, 0.15) is 11.3 Å². The van der Waals surface area contributed by atoms with Crippen molar-refractivity contribution in [3.05, 3.63) is 60.3 Å². The van der Waals surface area contributed by atoms with E-state index in [0.717, 1.165) is 17.8 Å². The smallest absolute Gasteiger partial charge is 0.350 e. The highest BCUT2D eigenvalue weighted by atomic mass is 19.4. The average Bonchev–Trinajstić information content (AvgIpc) is 3.07. The molecule has 1 N–H and O–H groups in total. The summed E-state index contributed by atoms with van der Waals surface area (Å²) in [6.07, 6.45) is 1.51. The Balaban J connectivity index is 1.80. The Labute approximate surface area is 129 Å². The molecule has 6 nitrogen and oxygen atoms in total. The minimum absolute atomic E-state index is 0.102. The minimum Gasteiger partial charge on any atom is -0.350 e. The number of nitrogens with one attached hydrogen (secondary N) is 1. The van der Waals surface area contributed by atoms with Gasteiger partial charge in [-0.25, -0.2) is 19.6 Å². The Morgan fingerprint density at radius 3 is 2.65 bits per heavy atom. The number of anilines is 1. The highest BCUT2D eigenvalue weighted by Gasteiger charge is 2.32. The Morgan fingerprint density at radius 1 is 1.04 bits per heavy atom. The standard InChI is InChI=1S/C14H11F3N6/c15-14(16,17)11-4-7-19-13(22-11)20-9-10-3-1-5-18-12(10)23-8-2-6-21-23/h1-8H,9H2,(H,19,20,22). The fourth-order valence-electron chi connectivity index (χ4n) is 1.94. The molecule has 0 fully saturated rings. The summed E-state index contributed by atoms with van der Waals surface area (Å²) in [5.74, 6) is 0.479. The van der Waals surface area contributed by atoms with Crippen molar-refractivity contribution in [1.82, 2.24) is 24.7 Å². The topological polar surface area (TPSA) is 68.5 Å². The predicted octanol–water partition coefficient (Wildman–Crippen LogP) is 2.69. The van der Waals surface area contributed by atoms with Gasteiger partial charge in [0.15, 0.2) is 5.82 Å². The summed E-state index contributed by atoms with van der Waals surface area (Å²) in [5.41, 5.74) is -0.245. The van der Waals surface area contributed by atoms with Gasteiger partial charge in [0.1, 0.15) is 5.69 Å². The summed E-state index contributed by atoms with van der Waals surface area (Å²) in [6, 6.07) is 6.11. The van der Waals surface area contributed by atoms with E-state index in [-0.39, 0.29) is 12.5 Å². The molecule has 0 radical (unpaired) electrons. The summed E-state index contributed by atoms with van der Waals surface area (Å²) >= 11 is 0. The van der Waals surface area contributed by atoms with Crippen LogP contribution in [-0.2, 0) is 12.7 Å². The molecule has 0 amide bonds. The summed E-state index contributed by atoms with van der Waals surface area (Å²) in [5, 5.41) is 6.87. The normalized spacial score (nSPS) is 11.4. The van der Waals surface area contributed by atoms with Crippen LogP contribution in [0, 0.1) is 0 Å². The molecule has 0 saturated heterocycles. The molecule has 0 spiro atoms. The van der Waals surface area contributed by atoms with Gasteiger partial charge in [0.25, 0.3) is 0 Å².